The van der Waals surface area contributed by atoms with Gasteiger partial charge >= 0.3 is 5.88 Å². The maximum Gasteiger partial charge on any atom is 0.306 e. The Labute approximate surface area is 181 Å². The lowest BCUT2D eigenvalue weighted by Crippen LogP contribution is -3.12. The molecule has 1 atom stereocenters. The fourth-order valence-electron chi connectivity index (χ4n) is 4.07. The molecule has 0 aliphatic carbocycles. The number of aromatic hydroxyl groups is 1. The van der Waals surface area contributed by atoms with Crippen molar-refractivity contribution in [3.05, 3.63) is 70.5 Å². The van der Waals surface area contributed by atoms with Crippen LogP contribution >= 0.6 is 11.6 Å². The lowest BCUT2D eigenvalue weighted by molar-refractivity contribution is -0.915. The standard InChI is InChI=1S/C23H25ClN4O2/c1-3-27(4-2)11-12-28-14-26-23-21(22(28)25)20(16-7-5-6-8-18(16)24)17-10-9-15(29)13-19(17)30-23/h5-10,13-14,20,25,29H,3-4,11-12H2,1-2H3/p+2/t20-/m0/s1. The number of nitrogens with one attached hydrogen (secondary N) is 1. The number of nitrogens with two attached hydrogens (primary N) is 1. The smallest absolute Gasteiger partial charge is 0.306 e. The van der Waals surface area contributed by atoms with E-state index in [0.717, 1.165) is 42.9 Å². The number of phenolic OH excluding ortho intramolecular Hbond substituents is 1. The molecule has 0 bridgehead atoms. The number of halogens is 1. The molecule has 0 amide bonds. The van der Waals surface area contributed by atoms with Crippen molar-refractivity contribution in [1.29, 1.82) is 0 Å². The normalized spacial score (nSPS) is 14.9. The molecule has 156 valence electrons. The average Bonchev–Trinajstić information content (AvgIpc) is 2.75. The first kappa shape index (κ1) is 20.4. The number of phenols is 1. The van der Waals surface area contributed by atoms with Crippen molar-refractivity contribution in [1.82, 2.24) is 4.98 Å². The molecule has 6 nitrogen and oxygen atoms in total. The zero-order chi connectivity index (χ0) is 21.3. The molecule has 7 heteroatoms. The minimum atomic E-state index is -0.237. The molecule has 30 heavy (non-hydrogen) atoms. The summed E-state index contributed by atoms with van der Waals surface area (Å²) in [4.78, 5) is 6.07. The molecule has 2 heterocycles. The second kappa shape index (κ2) is 8.50. The van der Waals surface area contributed by atoms with Crippen LogP contribution in [0.3, 0.4) is 0 Å². The molecule has 0 saturated carbocycles. The second-order valence-corrected chi connectivity index (χ2v) is 7.94. The molecule has 4 N–H and O–H groups in total. The first-order chi connectivity index (χ1) is 14.5. The molecule has 0 fully saturated rings. The number of benzene rings is 2. The van der Waals surface area contributed by atoms with Gasteiger partial charge in [-0.05, 0) is 31.5 Å². The Balaban J connectivity index is 1.84. The third-order valence-corrected chi connectivity index (χ3v) is 6.20. The molecular formula is C23H27ClN4O2+2. The Morgan fingerprint density at radius 3 is 2.67 bits per heavy atom. The minimum Gasteiger partial charge on any atom is -0.508 e. The van der Waals surface area contributed by atoms with Gasteiger partial charge in [0.25, 0.3) is 0 Å². The summed E-state index contributed by atoms with van der Waals surface area (Å²) in [7, 11) is 0. The molecule has 4 rings (SSSR count). The van der Waals surface area contributed by atoms with E-state index in [4.69, 9.17) is 22.1 Å². The Hall–Kier alpha value is -2.83. The van der Waals surface area contributed by atoms with Crippen LogP contribution in [-0.2, 0) is 6.54 Å². The van der Waals surface area contributed by atoms with Crippen LogP contribution in [0.4, 0.5) is 5.82 Å². The maximum absolute atomic E-state index is 9.96. The second-order valence-electron chi connectivity index (χ2n) is 7.53. The summed E-state index contributed by atoms with van der Waals surface area (Å²) in [6, 6.07) is 12.8. The van der Waals surface area contributed by atoms with E-state index in [0.29, 0.717) is 22.5 Å². The summed E-state index contributed by atoms with van der Waals surface area (Å²) >= 11 is 6.59. The van der Waals surface area contributed by atoms with Crippen molar-refractivity contribution >= 4 is 17.4 Å². The monoisotopic (exact) mass is 426 g/mol. The van der Waals surface area contributed by atoms with Crippen LogP contribution in [0, 0.1) is 0 Å². The summed E-state index contributed by atoms with van der Waals surface area (Å²) in [5, 5.41) is 10.6. The van der Waals surface area contributed by atoms with E-state index in [9.17, 15) is 5.11 Å². The highest BCUT2D eigenvalue weighted by molar-refractivity contribution is 6.31. The van der Waals surface area contributed by atoms with E-state index in [1.165, 1.54) is 4.90 Å². The number of nitrogen functional groups attached to an aromatic ring is 1. The molecule has 0 spiro atoms. The Morgan fingerprint density at radius 1 is 1.17 bits per heavy atom. The number of anilines is 1. The molecule has 0 saturated heterocycles. The topological polar surface area (TPSA) is 76.7 Å². The molecule has 1 aromatic heterocycles. The minimum absolute atomic E-state index is 0.135. The van der Waals surface area contributed by atoms with Crippen LogP contribution in [0.5, 0.6) is 17.4 Å². The summed E-state index contributed by atoms with van der Waals surface area (Å²) in [6.07, 6.45) is 1.73. The molecule has 1 aliphatic heterocycles. The molecular weight excluding hydrogens is 400 g/mol. The number of hydrogen-bond acceptors (Lipinski definition) is 4. The van der Waals surface area contributed by atoms with Gasteiger partial charge in [-0.25, -0.2) is 4.57 Å². The van der Waals surface area contributed by atoms with Crippen LogP contribution in [0.1, 0.15) is 36.5 Å². The van der Waals surface area contributed by atoms with Gasteiger partial charge in [0.1, 0.15) is 30.2 Å². The highest BCUT2D eigenvalue weighted by Gasteiger charge is 2.37. The fraction of sp³-hybridized carbons (Fsp3) is 0.304. The summed E-state index contributed by atoms with van der Waals surface area (Å²) in [6.45, 7) is 8.23. The van der Waals surface area contributed by atoms with Gasteiger partial charge in [0.15, 0.2) is 0 Å². The predicted molar refractivity (Wildman–Crippen MR) is 116 cm³/mol. The van der Waals surface area contributed by atoms with Crippen molar-refractivity contribution in [2.45, 2.75) is 26.3 Å². The number of quaternary nitrogens is 1. The Bertz CT molecular complexity index is 1070. The number of likely N-dealkylation sites (N-methyl/N-ethyl adjacent to an activating group) is 1. The summed E-state index contributed by atoms with van der Waals surface area (Å²) < 4.78 is 8.03. The summed E-state index contributed by atoms with van der Waals surface area (Å²) in [5.74, 6) is 1.52. The number of hydrogen-bond donors (Lipinski definition) is 3. The number of ether oxygens (including phenoxy) is 1. The van der Waals surface area contributed by atoms with Gasteiger partial charge in [0.2, 0.25) is 12.1 Å². The van der Waals surface area contributed by atoms with Crippen molar-refractivity contribution in [2.24, 2.45) is 0 Å². The lowest BCUT2D eigenvalue weighted by Gasteiger charge is -2.27. The Kier molecular flexibility index (Phi) is 5.79. The van der Waals surface area contributed by atoms with Crippen molar-refractivity contribution in [3.8, 4) is 17.4 Å². The average molecular weight is 427 g/mol. The van der Waals surface area contributed by atoms with Gasteiger partial charge in [-0.3, -0.25) is 0 Å². The van der Waals surface area contributed by atoms with Crippen molar-refractivity contribution < 1.29 is 19.3 Å². The van der Waals surface area contributed by atoms with Crippen molar-refractivity contribution in [2.75, 3.05) is 25.4 Å². The van der Waals surface area contributed by atoms with E-state index >= 15 is 0 Å². The summed E-state index contributed by atoms with van der Waals surface area (Å²) in [5.41, 5.74) is 9.31. The van der Waals surface area contributed by atoms with Crippen LogP contribution in [-0.4, -0.2) is 29.7 Å². The van der Waals surface area contributed by atoms with E-state index in [1.807, 2.05) is 34.9 Å². The predicted octanol–water partition coefficient (Wildman–Crippen LogP) is 2.52. The first-order valence-corrected chi connectivity index (χ1v) is 10.7. The Morgan fingerprint density at radius 2 is 1.93 bits per heavy atom. The van der Waals surface area contributed by atoms with Crippen LogP contribution < -0.4 is 19.9 Å². The molecule has 2 aromatic carbocycles. The van der Waals surface area contributed by atoms with Crippen molar-refractivity contribution in [3.63, 3.8) is 0 Å². The van der Waals surface area contributed by atoms with E-state index < -0.39 is 0 Å². The molecule has 0 unspecified atom stereocenters. The van der Waals surface area contributed by atoms with Crippen LogP contribution in [0.2, 0.25) is 5.02 Å². The largest absolute Gasteiger partial charge is 0.508 e. The van der Waals surface area contributed by atoms with Crippen LogP contribution in [0.15, 0.2) is 48.8 Å². The third-order valence-electron chi connectivity index (χ3n) is 5.86. The number of nitrogens with zero attached hydrogens (tertiary/aromatic N) is 2. The van der Waals surface area contributed by atoms with E-state index in [2.05, 4.69) is 18.8 Å². The van der Waals surface area contributed by atoms with Gasteiger partial charge in [-0.15, -0.1) is 0 Å². The quantitative estimate of drug-likeness (QED) is 0.414. The molecule has 1 aliphatic rings. The van der Waals surface area contributed by atoms with Gasteiger partial charge in [-0.2, -0.15) is 0 Å². The van der Waals surface area contributed by atoms with Gasteiger partial charge in [0, 0.05) is 16.7 Å². The SMILES string of the molecule is CC[NH+](CC)CC[n+]1cnc2c(c1N)[C@@H](c1ccccc1Cl)c1ccc(O)cc1O2. The first-order valence-electron chi connectivity index (χ1n) is 10.3. The molecule has 3 aromatic rings. The number of aromatic nitrogens is 2. The van der Waals surface area contributed by atoms with Crippen LogP contribution in [0.25, 0.3) is 0 Å². The maximum atomic E-state index is 9.96. The zero-order valence-corrected chi connectivity index (χ0v) is 18.0. The highest BCUT2D eigenvalue weighted by atomic mass is 35.5. The van der Waals surface area contributed by atoms with E-state index in [-0.39, 0.29) is 11.7 Å². The van der Waals surface area contributed by atoms with Gasteiger partial charge in [0.05, 0.1) is 19.0 Å². The van der Waals surface area contributed by atoms with E-state index in [1.54, 1.807) is 18.5 Å². The zero-order valence-electron chi connectivity index (χ0n) is 17.2. The number of rotatable bonds is 6. The van der Waals surface area contributed by atoms with Gasteiger partial charge in [-0.1, -0.05) is 40.9 Å². The lowest BCUT2D eigenvalue weighted by atomic mass is 9.83. The molecule has 0 radical (unpaired) electrons. The highest BCUT2D eigenvalue weighted by Crippen LogP contribution is 2.49. The number of fused-ring (bicyclic) bond motifs is 2. The fourth-order valence-corrected chi connectivity index (χ4v) is 4.32. The van der Waals surface area contributed by atoms with Gasteiger partial charge < -0.3 is 20.5 Å². The third kappa shape index (κ3) is 3.68.